The number of β-amino-alcohol motifs (C(OH)–C–C–N with tert-alkyl or cyclic N) is 1. The molecule has 6 heteroatoms. The number of rotatable bonds is 3. The van der Waals surface area contributed by atoms with Gasteiger partial charge in [0.2, 0.25) is 0 Å². The molecule has 1 aromatic rings. The first-order valence-corrected chi connectivity index (χ1v) is 7.68. The van der Waals surface area contributed by atoms with Gasteiger partial charge in [0.05, 0.1) is 19.7 Å². The van der Waals surface area contributed by atoms with Crippen molar-refractivity contribution in [1.29, 1.82) is 0 Å². The minimum atomic E-state index is -1.51. The van der Waals surface area contributed by atoms with E-state index in [0.717, 1.165) is 5.56 Å². The number of likely N-dealkylation sites (tertiary alicyclic amines) is 1. The summed E-state index contributed by atoms with van der Waals surface area (Å²) >= 11 is 0. The zero-order valence-corrected chi connectivity index (χ0v) is 14.1. The van der Waals surface area contributed by atoms with Crippen LogP contribution in [0.4, 0.5) is 4.79 Å². The third-order valence-corrected chi connectivity index (χ3v) is 3.74. The highest BCUT2D eigenvalue weighted by molar-refractivity contribution is 5.69. The maximum atomic E-state index is 12.2. The van der Waals surface area contributed by atoms with Crippen LogP contribution in [-0.2, 0) is 4.74 Å². The number of carbonyl (C=O) groups excluding carboxylic acids is 1. The van der Waals surface area contributed by atoms with Crippen LogP contribution in [0.5, 0.6) is 5.75 Å². The first-order chi connectivity index (χ1) is 10.6. The molecule has 0 bridgehead atoms. The van der Waals surface area contributed by atoms with Crippen molar-refractivity contribution in [3.63, 3.8) is 0 Å². The normalized spacial score (nSPS) is 24.6. The van der Waals surface area contributed by atoms with Gasteiger partial charge in [-0.2, -0.15) is 0 Å². The van der Waals surface area contributed by atoms with Crippen LogP contribution in [0.1, 0.15) is 26.3 Å². The fourth-order valence-corrected chi connectivity index (χ4v) is 2.47. The van der Waals surface area contributed by atoms with Gasteiger partial charge < -0.3 is 24.6 Å². The van der Waals surface area contributed by atoms with Gasteiger partial charge in [0.25, 0.3) is 0 Å². The second-order valence-corrected chi connectivity index (χ2v) is 6.99. The maximum Gasteiger partial charge on any atom is 0.410 e. The van der Waals surface area contributed by atoms with Crippen molar-refractivity contribution in [2.75, 3.05) is 19.7 Å². The number of aryl methyl sites for hydroxylation is 1. The molecule has 1 aliphatic heterocycles. The fourth-order valence-electron chi connectivity index (χ4n) is 2.47. The minimum absolute atomic E-state index is 0.0328. The summed E-state index contributed by atoms with van der Waals surface area (Å²) in [5.41, 5.74) is -1.22. The van der Waals surface area contributed by atoms with E-state index in [4.69, 9.17) is 9.47 Å². The number of benzene rings is 1. The Morgan fingerprint density at radius 1 is 1.39 bits per heavy atom. The molecule has 1 saturated heterocycles. The lowest BCUT2D eigenvalue weighted by atomic mass is 10.0. The summed E-state index contributed by atoms with van der Waals surface area (Å²) in [5.74, 6) is 0.621. The van der Waals surface area contributed by atoms with Gasteiger partial charge in [-0.05, 0) is 39.3 Å². The molecule has 0 saturated carbocycles. The average Bonchev–Trinajstić information content (AvgIpc) is 2.78. The van der Waals surface area contributed by atoms with Crippen molar-refractivity contribution in [3.8, 4) is 5.75 Å². The predicted molar refractivity (Wildman–Crippen MR) is 85.4 cm³/mol. The standard InChI is InChI=1S/C17H25NO5/c1-12-7-5-6-8-13(12)22-14-9-18(10-17(14,21)11-19)15(20)23-16(2,3)4/h5-8,14,19,21H,9-11H2,1-4H3/t14-,17+/m0/s1. The highest BCUT2D eigenvalue weighted by atomic mass is 16.6. The molecule has 0 radical (unpaired) electrons. The zero-order chi connectivity index (χ0) is 17.3. The zero-order valence-electron chi connectivity index (χ0n) is 14.1. The Labute approximate surface area is 136 Å². The highest BCUT2D eigenvalue weighted by Gasteiger charge is 2.49. The van der Waals surface area contributed by atoms with E-state index in [1.807, 2.05) is 25.1 Å². The largest absolute Gasteiger partial charge is 0.485 e. The number of aliphatic hydroxyl groups is 2. The molecule has 1 fully saturated rings. The molecule has 1 aliphatic rings. The van der Waals surface area contributed by atoms with Gasteiger partial charge >= 0.3 is 6.09 Å². The lowest BCUT2D eigenvalue weighted by Crippen LogP contribution is -2.48. The van der Waals surface area contributed by atoms with Crippen molar-refractivity contribution < 1.29 is 24.5 Å². The number of hydrogen-bond donors (Lipinski definition) is 2. The Kier molecular flexibility index (Phi) is 4.87. The summed E-state index contributed by atoms with van der Waals surface area (Å²) in [5, 5.41) is 20.2. The third-order valence-electron chi connectivity index (χ3n) is 3.74. The first-order valence-electron chi connectivity index (χ1n) is 7.68. The summed E-state index contributed by atoms with van der Waals surface area (Å²) in [6.45, 7) is 6.85. The van der Waals surface area contributed by atoms with Crippen LogP contribution in [0.3, 0.4) is 0 Å². The number of aliphatic hydroxyl groups excluding tert-OH is 1. The molecule has 1 heterocycles. The summed E-state index contributed by atoms with van der Waals surface area (Å²) in [6.07, 6.45) is -1.25. The molecule has 1 amide bonds. The van der Waals surface area contributed by atoms with E-state index < -0.39 is 30.0 Å². The molecule has 1 aromatic carbocycles. The maximum absolute atomic E-state index is 12.2. The van der Waals surface area contributed by atoms with Gasteiger partial charge in [-0.15, -0.1) is 0 Å². The topological polar surface area (TPSA) is 79.2 Å². The molecule has 0 unspecified atom stereocenters. The Morgan fingerprint density at radius 3 is 2.61 bits per heavy atom. The van der Waals surface area contributed by atoms with Crippen LogP contribution in [0.2, 0.25) is 0 Å². The molecule has 2 atom stereocenters. The van der Waals surface area contributed by atoms with E-state index >= 15 is 0 Å². The molecule has 0 aromatic heterocycles. The number of hydrogen-bond acceptors (Lipinski definition) is 5. The van der Waals surface area contributed by atoms with Crippen molar-refractivity contribution in [1.82, 2.24) is 4.90 Å². The van der Waals surface area contributed by atoms with E-state index in [1.54, 1.807) is 26.8 Å². The van der Waals surface area contributed by atoms with E-state index in [0.29, 0.717) is 5.75 Å². The summed E-state index contributed by atoms with van der Waals surface area (Å²) in [7, 11) is 0. The Hall–Kier alpha value is -1.79. The molecule has 6 nitrogen and oxygen atoms in total. The Morgan fingerprint density at radius 2 is 2.04 bits per heavy atom. The molecule has 2 rings (SSSR count). The second-order valence-electron chi connectivity index (χ2n) is 6.99. The van der Waals surface area contributed by atoms with E-state index in [2.05, 4.69) is 0 Å². The van der Waals surface area contributed by atoms with Gasteiger partial charge in [0.15, 0.2) is 0 Å². The first kappa shape index (κ1) is 17.6. The number of ether oxygens (including phenoxy) is 2. The van der Waals surface area contributed by atoms with Gasteiger partial charge in [0.1, 0.15) is 23.1 Å². The molecule has 2 N–H and O–H groups in total. The summed E-state index contributed by atoms with van der Waals surface area (Å²) in [6, 6.07) is 7.42. The quantitative estimate of drug-likeness (QED) is 0.885. The van der Waals surface area contributed by atoms with Gasteiger partial charge in [0, 0.05) is 0 Å². The molecular formula is C17H25NO5. The van der Waals surface area contributed by atoms with Crippen LogP contribution in [-0.4, -0.2) is 58.2 Å². The smallest absolute Gasteiger partial charge is 0.410 e. The third kappa shape index (κ3) is 4.14. The number of para-hydroxylation sites is 1. The van der Waals surface area contributed by atoms with E-state index in [9.17, 15) is 15.0 Å². The summed E-state index contributed by atoms with van der Waals surface area (Å²) < 4.78 is 11.2. The van der Waals surface area contributed by atoms with Gasteiger partial charge in [-0.25, -0.2) is 4.79 Å². The Balaban J connectivity index is 2.13. The molecule has 128 valence electrons. The van der Waals surface area contributed by atoms with E-state index in [1.165, 1.54) is 4.90 Å². The fraction of sp³-hybridized carbons (Fsp3) is 0.588. The van der Waals surface area contributed by atoms with Crippen LogP contribution < -0.4 is 4.74 Å². The highest BCUT2D eigenvalue weighted by Crippen LogP contribution is 2.29. The van der Waals surface area contributed by atoms with Crippen molar-refractivity contribution in [2.24, 2.45) is 0 Å². The SMILES string of the molecule is Cc1ccccc1O[C@H]1CN(C(=O)OC(C)(C)C)C[C@@]1(O)CO. The van der Waals surface area contributed by atoms with Crippen LogP contribution >= 0.6 is 0 Å². The van der Waals surface area contributed by atoms with Crippen molar-refractivity contribution >= 4 is 6.09 Å². The van der Waals surface area contributed by atoms with Gasteiger partial charge in [-0.3, -0.25) is 0 Å². The lowest BCUT2D eigenvalue weighted by Gasteiger charge is -2.27. The molecule has 0 aliphatic carbocycles. The van der Waals surface area contributed by atoms with E-state index in [-0.39, 0.29) is 13.1 Å². The summed E-state index contributed by atoms with van der Waals surface area (Å²) in [4.78, 5) is 13.6. The van der Waals surface area contributed by atoms with Crippen LogP contribution in [0.25, 0.3) is 0 Å². The second kappa shape index (κ2) is 6.37. The predicted octanol–water partition coefficient (Wildman–Crippen LogP) is 1.72. The van der Waals surface area contributed by atoms with Crippen LogP contribution in [0.15, 0.2) is 24.3 Å². The van der Waals surface area contributed by atoms with Crippen molar-refractivity contribution in [2.45, 2.75) is 45.0 Å². The average molecular weight is 323 g/mol. The minimum Gasteiger partial charge on any atom is -0.485 e. The van der Waals surface area contributed by atoms with Crippen molar-refractivity contribution in [3.05, 3.63) is 29.8 Å². The molecule has 0 spiro atoms. The lowest BCUT2D eigenvalue weighted by molar-refractivity contribution is -0.0654. The number of carbonyl (C=O) groups is 1. The molecular weight excluding hydrogens is 298 g/mol. The number of amides is 1. The van der Waals surface area contributed by atoms with Gasteiger partial charge in [-0.1, -0.05) is 18.2 Å². The Bertz CT molecular complexity index is 568. The van der Waals surface area contributed by atoms with Crippen LogP contribution in [0, 0.1) is 6.92 Å². The number of nitrogens with zero attached hydrogens (tertiary/aromatic N) is 1. The molecule has 23 heavy (non-hydrogen) atoms. The monoisotopic (exact) mass is 323 g/mol.